The highest BCUT2D eigenvalue weighted by molar-refractivity contribution is 5.00. The highest BCUT2D eigenvalue weighted by Gasteiger charge is 2.43. The lowest BCUT2D eigenvalue weighted by atomic mass is 9.70. The molecule has 2 atom stereocenters. The number of rotatable bonds is 5. The first-order chi connectivity index (χ1) is 8.42. The second-order valence-corrected chi connectivity index (χ2v) is 7.63. The van der Waals surface area contributed by atoms with Gasteiger partial charge in [-0.25, -0.2) is 0 Å². The van der Waals surface area contributed by atoms with Crippen molar-refractivity contribution in [2.24, 2.45) is 17.1 Å². The smallest absolute Gasteiger partial charge is 0.0255 e. The van der Waals surface area contributed by atoms with E-state index in [-0.39, 0.29) is 0 Å². The Balaban J connectivity index is 2.00. The van der Waals surface area contributed by atoms with Crippen molar-refractivity contribution in [3.63, 3.8) is 0 Å². The molecule has 2 saturated carbocycles. The summed E-state index contributed by atoms with van der Waals surface area (Å²) in [6.07, 6.45) is 8.10. The minimum absolute atomic E-state index is 0.327. The van der Waals surface area contributed by atoms with Crippen molar-refractivity contribution in [3.05, 3.63) is 0 Å². The predicted octanol–water partition coefficient (Wildman–Crippen LogP) is 3.40. The Hall–Kier alpha value is -0.0800. The number of nitrogens with zero attached hydrogens (tertiary/aromatic N) is 1. The summed E-state index contributed by atoms with van der Waals surface area (Å²) in [7, 11) is 0. The molecular formula is C16H32N2. The number of hydrogen-bond donors (Lipinski definition) is 1. The maximum atomic E-state index is 6.59. The summed E-state index contributed by atoms with van der Waals surface area (Å²) in [4.78, 5) is 2.77. The third-order valence-electron chi connectivity index (χ3n) is 5.04. The zero-order valence-corrected chi connectivity index (χ0v) is 12.8. The van der Waals surface area contributed by atoms with E-state index in [2.05, 4.69) is 32.6 Å². The van der Waals surface area contributed by atoms with E-state index < -0.39 is 0 Å². The summed E-state index contributed by atoms with van der Waals surface area (Å²) >= 11 is 0. The molecule has 0 radical (unpaired) electrons. The van der Waals surface area contributed by atoms with Crippen LogP contribution in [0.3, 0.4) is 0 Å². The lowest BCUT2D eigenvalue weighted by molar-refractivity contribution is 0.0593. The number of hydrogen-bond acceptors (Lipinski definition) is 2. The largest absolute Gasteiger partial charge is 0.326 e. The Bertz CT molecular complexity index is 268. The topological polar surface area (TPSA) is 29.3 Å². The van der Waals surface area contributed by atoms with Gasteiger partial charge in [-0.3, -0.25) is 4.90 Å². The lowest BCUT2D eigenvalue weighted by Crippen LogP contribution is -2.57. The second kappa shape index (κ2) is 5.50. The molecule has 0 aromatic carbocycles. The molecule has 0 aromatic rings. The quantitative estimate of drug-likeness (QED) is 0.812. The first-order valence-corrected chi connectivity index (χ1v) is 7.93. The molecule has 2 aliphatic carbocycles. The summed E-state index contributed by atoms with van der Waals surface area (Å²) in [5.41, 5.74) is 6.92. The first kappa shape index (κ1) is 14.3. The average molecular weight is 252 g/mol. The van der Waals surface area contributed by atoms with Gasteiger partial charge < -0.3 is 5.73 Å². The minimum Gasteiger partial charge on any atom is -0.326 e. The van der Waals surface area contributed by atoms with E-state index in [0.29, 0.717) is 17.5 Å². The van der Waals surface area contributed by atoms with Crippen LogP contribution in [0.1, 0.15) is 66.2 Å². The average Bonchev–Trinajstić information content (AvgIpc) is 3.08. The van der Waals surface area contributed by atoms with Gasteiger partial charge in [0.25, 0.3) is 0 Å². The van der Waals surface area contributed by atoms with E-state index >= 15 is 0 Å². The van der Waals surface area contributed by atoms with Gasteiger partial charge in [-0.2, -0.15) is 0 Å². The zero-order chi connectivity index (χ0) is 13.3. The Morgan fingerprint density at radius 2 is 1.89 bits per heavy atom. The van der Waals surface area contributed by atoms with E-state index in [1.807, 2.05) is 0 Å². The van der Waals surface area contributed by atoms with Crippen LogP contribution in [0, 0.1) is 11.3 Å². The van der Waals surface area contributed by atoms with Crippen molar-refractivity contribution in [3.8, 4) is 0 Å². The van der Waals surface area contributed by atoms with Crippen LogP contribution in [-0.2, 0) is 0 Å². The summed E-state index contributed by atoms with van der Waals surface area (Å²) in [5.74, 6) is 0.805. The molecular weight excluding hydrogens is 220 g/mol. The molecule has 0 aromatic heterocycles. The van der Waals surface area contributed by atoms with Crippen molar-refractivity contribution < 1.29 is 0 Å². The fraction of sp³-hybridized carbons (Fsp3) is 1.00. The SMILES string of the molecule is CC(C)CCN(C1CC1)C1CCCC(C)(C)C1N. The standard InChI is InChI=1S/C16H32N2/c1-12(2)9-11-18(13-7-8-13)14-6-5-10-16(3,4)15(14)17/h12-15H,5-11,17H2,1-4H3. The molecule has 0 saturated heterocycles. The molecule has 0 bridgehead atoms. The second-order valence-electron chi connectivity index (χ2n) is 7.63. The molecule has 2 nitrogen and oxygen atoms in total. The molecule has 2 aliphatic rings. The van der Waals surface area contributed by atoms with Gasteiger partial charge in [0, 0.05) is 18.1 Å². The van der Waals surface area contributed by atoms with Gasteiger partial charge in [-0.05, 0) is 50.0 Å². The van der Waals surface area contributed by atoms with Crippen LogP contribution in [0.15, 0.2) is 0 Å². The Kier molecular flexibility index (Phi) is 4.38. The third-order valence-corrected chi connectivity index (χ3v) is 5.04. The first-order valence-electron chi connectivity index (χ1n) is 7.93. The van der Waals surface area contributed by atoms with Gasteiger partial charge in [0.05, 0.1) is 0 Å². The van der Waals surface area contributed by atoms with Crippen LogP contribution in [0.25, 0.3) is 0 Å². The fourth-order valence-electron chi connectivity index (χ4n) is 3.44. The summed E-state index contributed by atoms with van der Waals surface area (Å²) in [5, 5.41) is 0. The van der Waals surface area contributed by atoms with Gasteiger partial charge in [0.1, 0.15) is 0 Å². The highest BCUT2D eigenvalue weighted by atomic mass is 15.2. The van der Waals surface area contributed by atoms with Crippen LogP contribution < -0.4 is 5.73 Å². The van der Waals surface area contributed by atoms with Gasteiger partial charge in [0.15, 0.2) is 0 Å². The van der Waals surface area contributed by atoms with Crippen LogP contribution in [0.2, 0.25) is 0 Å². The molecule has 106 valence electrons. The fourth-order valence-corrected chi connectivity index (χ4v) is 3.44. The Morgan fingerprint density at radius 1 is 1.22 bits per heavy atom. The summed E-state index contributed by atoms with van der Waals surface area (Å²) in [6, 6.07) is 1.85. The molecule has 2 heteroatoms. The van der Waals surface area contributed by atoms with E-state index in [1.165, 1.54) is 45.1 Å². The summed E-state index contributed by atoms with van der Waals surface area (Å²) < 4.78 is 0. The zero-order valence-electron chi connectivity index (χ0n) is 12.8. The molecule has 2 unspecified atom stereocenters. The predicted molar refractivity (Wildman–Crippen MR) is 78.6 cm³/mol. The van der Waals surface area contributed by atoms with Crippen molar-refractivity contribution in [1.82, 2.24) is 4.90 Å². The molecule has 2 fully saturated rings. The minimum atomic E-state index is 0.327. The van der Waals surface area contributed by atoms with E-state index in [1.54, 1.807) is 0 Å². The van der Waals surface area contributed by atoms with Gasteiger partial charge in [-0.15, -0.1) is 0 Å². The molecule has 0 amide bonds. The molecule has 2 N–H and O–H groups in total. The van der Waals surface area contributed by atoms with E-state index in [0.717, 1.165) is 12.0 Å². The van der Waals surface area contributed by atoms with Crippen molar-refractivity contribution in [2.75, 3.05) is 6.54 Å². The lowest BCUT2D eigenvalue weighted by Gasteiger charge is -2.47. The van der Waals surface area contributed by atoms with Crippen molar-refractivity contribution in [1.29, 1.82) is 0 Å². The maximum Gasteiger partial charge on any atom is 0.0255 e. The molecule has 18 heavy (non-hydrogen) atoms. The monoisotopic (exact) mass is 252 g/mol. The van der Waals surface area contributed by atoms with Crippen LogP contribution in [-0.4, -0.2) is 29.6 Å². The van der Waals surface area contributed by atoms with E-state index in [4.69, 9.17) is 5.73 Å². The highest BCUT2D eigenvalue weighted by Crippen LogP contribution is 2.40. The van der Waals surface area contributed by atoms with E-state index in [9.17, 15) is 0 Å². The maximum absolute atomic E-state index is 6.59. The van der Waals surface area contributed by atoms with Gasteiger partial charge in [0.2, 0.25) is 0 Å². The molecule has 2 rings (SSSR count). The van der Waals surface area contributed by atoms with Gasteiger partial charge in [-0.1, -0.05) is 34.1 Å². The summed E-state index contributed by atoms with van der Waals surface area (Å²) in [6.45, 7) is 10.6. The Morgan fingerprint density at radius 3 is 2.44 bits per heavy atom. The van der Waals surface area contributed by atoms with Crippen molar-refractivity contribution in [2.45, 2.75) is 84.3 Å². The van der Waals surface area contributed by atoms with Crippen molar-refractivity contribution >= 4 is 0 Å². The van der Waals surface area contributed by atoms with Crippen LogP contribution >= 0.6 is 0 Å². The molecule has 0 spiro atoms. The molecule has 0 heterocycles. The number of nitrogens with two attached hydrogens (primary N) is 1. The van der Waals surface area contributed by atoms with Crippen LogP contribution in [0.5, 0.6) is 0 Å². The normalized spacial score (nSPS) is 32.2. The van der Waals surface area contributed by atoms with Crippen LogP contribution in [0.4, 0.5) is 0 Å². The third kappa shape index (κ3) is 3.27. The van der Waals surface area contributed by atoms with Gasteiger partial charge >= 0.3 is 0 Å². The molecule has 0 aliphatic heterocycles. The Labute approximate surface area is 113 Å².